The Bertz CT molecular complexity index is 296. The van der Waals surface area contributed by atoms with Crippen molar-refractivity contribution >= 4 is 6.09 Å². The third-order valence-electron chi connectivity index (χ3n) is 2.87. The molecule has 0 saturated carbocycles. The van der Waals surface area contributed by atoms with Crippen LogP contribution in [0.4, 0.5) is 4.79 Å². The third kappa shape index (κ3) is 2.33. The predicted octanol–water partition coefficient (Wildman–Crippen LogP) is 2.72. The Kier molecular flexibility index (Phi) is 2.49. The van der Waals surface area contributed by atoms with Gasteiger partial charge in [-0.05, 0) is 51.2 Å². The number of carbonyl (C=O) groups is 1. The Morgan fingerprint density at radius 2 is 1.73 bits per heavy atom. The molecule has 2 aliphatic rings. The van der Waals surface area contributed by atoms with E-state index in [-0.39, 0.29) is 11.7 Å². The molecule has 1 amide bonds. The number of hydrogen-bond acceptors (Lipinski definition) is 2. The second-order valence-electron chi connectivity index (χ2n) is 5.40. The maximum Gasteiger partial charge on any atom is 0.410 e. The number of ether oxygens (including phenoxy) is 1. The van der Waals surface area contributed by atoms with Crippen molar-refractivity contribution < 1.29 is 9.53 Å². The third-order valence-corrected chi connectivity index (χ3v) is 2.87. The first kappa shape index (κ1) is 10.5. The van der Waals surface area contributed by atoms with Crippen LogP contribution in [0.2, 0.25) is 0 Å². The molecular formula is C12H19NO2. The fraction of sp³-hybridized carbons (Fsp3) is 0.750. The second-order valence-corrected chi connectivity index (χ2v) is 5.40. The summed E-state index contributed by atoms with van der Waals surface area (Å²) in [6, 6.07) is 0. The summed E-state index contributed by atoms with van der Waals surface area (Å²) < 4.78 is 5.35. The number of hydrogen-bond donors (Lipinski definition) is 0. The highest BCUT2D eigenvalue weighted by Gasteiger charge is 2.30. The zero-order chi connectivity index (χ0) is 11.1. The van der Waals surface area contributed by atoms with E-state index in [1.807, 2.05) is 25.7 Å². The van der Waals surface area contributed by atoms with Gasteiger partial charge in [0.2, 0.25) is 0 Å². The highest BCUT2D eigenvalue weighted by molar-refractivity contribution is 5.70. The molecule has 0 N–H and O–H groups in total. The van der Waals surface area contributed by atoms with Crippen LogP contribution >= 0.6 is 0 Å². The summed E-state index contributed by atoms with van der Waals surface area (Å²) in [5, 5.41) is 0. The van der Waals surface area contributed by atoms with Crippen molar-refractivity contribution in [2.24, 2.45) is 0 Å². The number of rotatable bonds is 0. The SMILES string of the molecule is CC(C)(C)OC(=O)N1CC2=C(CCC2)C1. The molecule has 0 saturated heterocycles. The van der Waals surface area contributed by atoms with Crippen molar-refractivity contribution in [3.63, 3.8) is 0 Å². The Morgan fingerprint density at radius 1 is 1.20 bits per heavy atom. The molecule has 3 nitrogen and oxygen atoms in total. The Balaban J connectivity index is 1.90. The van der Waals surface area contributed by atoms with Crippen molar-refractivity contribution in [1.29, 1.82) is 0 Å². The summed E-state index contributed by atoms with van der Waals surface area (Å²) in [5.41, 5.74) is 2.56. The van der Waals surface area contributed by atoms with Crippen LogP contribution in [0.15, 0.2) is 11.1 Å². The standard InChI is InChI=1S/C12H19NO2/c1-12(2,3)15-11(14)13-7-9-5-4-6-10(9)8-13/h4-8H2,1-3H3. The van der Waals surface area contributed by atoms with Crippen LogP contribution < -0.4 is 0 Å². The lowest BCUT2D eigenvalue weighted by molar-refractivity contribution is 0.0296. The lowest BCUT2D eigenvalue weighted by atomic mass is 10.2. The van der Waals surface area contributed by atoms with Crippen LogP contribution in [0, 0.1) is 0 Å². The van der Waals surface area contributed by atoms with Crippen LogP contribution in [-0.4, -0.2) is 29.7 Å². The topological polar surface area (TPSA) is 29.5 Å². The molecule has 0 aromatic carbocycles. The second kappa shape index (κ2) is 3.54. The van der Waals surface area contributed by atoms with Crippen molar-refractivity contribution in [2.75, 3.05) is 13.1 Å². The maximum atomic E-state index is 11.8. The van der Waals surface area contributed by atoms with Gasteiger partial charge in [-0.25, -0.2) is 4.79 Å². The zero-order valence-corrected chi connectivity index (χ0v) is 9.80. The first-order valence-corrected chi connectivity index (χ1v) is 5.63. The summed E-state index contributed by atoms with van der Waals surface area (Å²) in [5.74, 6) is 0. The number of likely N-dealkylation sites (tertiary alicyclic amines) is 1. The average molecular weight is 209 g/mol. The average Bonchev–Trinajstić information content (AvgIpc) is 2.56. The summed E-state index contributed by atoms with van der Waals surface area (Å²) in [6.45, 7) is 7.31. The fourth-order valence-electron chi connectivity index (χ4n) is 2.22. The zero-order valence-electron chi connectivity index (χ0n) is 9.80. The number of amides is 1. The number of carbonyl (C=O) groups excluding carboxylic acids is 1. The molecule has 0 unspecified atom stereocenters. The quantitative estimate of drug-likeness (QED) is 0.574. The van der Waals surface area contributed by atoms with Gasteiger partial charge in [0.1, 0.15) is 5.60 Å². The minimum atomic E-state index is -0.385. The van der Waals surface area contributed by atoms with E-state index in [9.17, 15) is 4.79 Å². The molecule has 0 radical (unpaired) electrons. The first-order valence-electron chi connectivity index (χ1n) is 5.63. The molecule has 0 aromatic heterocycles. The van der Waals surface area contributed by atoms with E-state index in [0.717, 1.165) is 13.1 Å². The molecule has 1 heterocycles. The Morgan fingerprint density at radius 3 is 2.20 bits per heavy atom. The van der Waals surface area contributed by atoms with E-state index < -0.39 is 0 Å². The van der Waals surface area contributed by atoms with Crippen molar-refractivity contribution in [3.8, 4) is 0 Å². The van der Waals surface area contributed by atoms with Gasteiger partial charge in [-0.2, -0.15) is 0 Å². The van der Waals surface area contributed by atoms with Gasteiger partial charge in [-0.3, -0.25) is 0 Å². The van der Waals surface area contributed by atoms with E-state index in [1.54, 1.807) is 0 Å². The van der Waals surface area contributed by atoms with Gasteiger partial charge in [0.15, 0.2) is 0 Å². The minimum absolute atomic E-state index is 0.170. The Hall–Kier alpha value is -0.990. The van der Waals surface area contributed by atoms with E-state index in [2.05, 4.69) is 0 Å². The summed E-state index contributed by atoms with van der Waals surface area (Å²) in [6.07, 6.45) is 3.45. The predicted molar refractivity (Wildman–Crippen MR) is 58.7 cm³/mol. The molecule has 0 atom stereocenters. The van der Waals surface area contributed by atoms with E-state index in [1.165, 1.54) is 30.4 Å². The van der Waals surface area contributed by atoms with E-state index in [4.69, 9.17) is 4.74 Å². The van der Waals surface area contributed by atoms with Gasteiger partial charge in [0, 0.05) is 13.1 Å². The van der Waals surface area contributed by atoms with Crippen LogP contribution in [0.1, 0.15) is 40.0 Å². The monoisotopic (exact) mass is 209 g/mol. The van der Waals surface area contributed by atoms with Crippen LogP contribution in [-0.2, 0) is 4.74 Å². The highest BCUT2D eigenvalue weighted by atomic mass is 16.6. The molecule has 0 fully saturated rings. The van der Waals surface area contributed by atoms with Gasteiger partial charge in [-0.15, -0.1) is 0 Å². The van der Waals surface area contributed by atoms with Crippen molar-refractivity contribution in [3.05, 3.63) is 11.1 Å². The van der Waals surface area contributed by atoms with Gasteiger partial charge in [0.25, 0.3) is 0 Å². The van der Waals surface area contributed by atoms with E-state index >= 15 is 0 Å². The summed E-state index contributed by atoms with van der Waals surface area (Å²) in [7, 11) is 0. The lowest BCUT2D eigenvalue weighted by Gasteiger charge is -2.25. The molecule has 15 heavy (non-hydrogen) atoms. The van der Waals surface area contributed by atoms with Crippen LogP contribution in [0.3, 0.4) is 0 Å². The summed E-state index contributed by atoms with van der Waals surface area (Å²) in [4.78, 5) is 13.6. The largest absolute Gasteiger partial charge is 0.444 e. The van der Waals surface area contributed by atoms with Gasteiger partial charge < -0.3 is 9.64 Å². The molecule has 1 aliphatic carbocycles. The molecule has 0 spiro atoms. The lowest BCUT2D eigenvalue weighted by Crippen LogP contribution is -2.36. The molecule has 84 valence electrons. The number of nitrogens with zero attached hydrogens (tertiary/aromatic N) is 1. The minimum Gasteiger partial charge on any atom is -0.444 e. The molecule has 3 heteroatoms. The fourth-order valence-corrected chi connectivity index (χ4v) is 2.22. The highest BCUT2D eigenvalue weighted by Crippen LogP contribution is 2.32. The van der Waals surface area contributed by atoms with E-state index in [0.29, 0.717) is 0 Å². The molecule has 2 rings (SSSR count). The first-order chi connectivity index (χ1) is 6.96. The van der Waals surface area contributed by atoms with Crippen molar-refractivity contribution in [2.45, 2.75) is 45.6 Å². The maximum absolute atomic E-state index is 11.8. The van der Waals surface area contributed by atoms with Gasteiger partial charge in [-0.1, -0.05) is 0 Å². The van der Waals surface area contributed by atoms with Crippen molar-refractivity contribution in [1.82, 2.24) is 4.90 Å². The summed E-state index contributed by atoms with van der Waals surface area (Å²) >= 11 is 0. The Labute approximate surface area is 91.1 Å². The van der Waals surface area contributed by atoms with Crippen LogP contribution in [0.25, 0.3) is 0 Å². The molecule has 0 aromatic rings. The smallest absolute Gasteiger partial charge is 0.410 e. The normalized spacial score (nSPS) is 20.9. The molecule has 0 bridgehead atoms. The molecular weight excluding hydrogens is 190 g/mol. The van der Waals surface area contributed by atoms with Crippen LogP contribution in [0.5, 0.6) is 0 Å². The molecule has 1 aliphatic heterocycles. The van der Waals surface area contributed by atoms with Gasteiger partial charge >= 0.3 is 6.09 Å². The van der Waals surface area contributed by atoms with Gasteiger partial charge in [0.05, 0.1) is 0 Å².